The number of phosphoric ester groups is 2. The second kappa shape index (κ2) is 71.9. The van der Waals surface area contributed by atoms with Gasteiger partial charge in [-0.05, 0) is 96.3 Å². The largest absolute Gasteiger partial charge is 0.472 e. The molecule has 0 rings (SSSR count). The molecule has 0 spiro atoms. The number of hydrogen-bond donors (Lipinski definition) is 3. The molecule has 0 heterocycles. The van der Waals surface area contributed by atoms with Gasteiger partial charge in [0.25, 0.3) is 0 Å². The van der Waals surface area contributed by atoms with Gasteiger partial charge in [-0.25, -0.2) is 9.13 Å². The molecule has 0 aromatic rings. The molecule has 0 saturated carbocycles. The summed E-state index contributed by atoms with van der Waals surface area (Å²) in [4.78, 5) is 72.9. The molecule has 17 nitrogen and oxygen atoms in total. The van der Waals surface area contributed by atoms with E-state index in [0.29, 0.717) is 25.7 Å². The topological polar surface area (TPSA) is 237 Å². The fourth-order valence-electron chi connectivity index (χ4n) is 10.7. The predicted molar refractivity (Wildman–Crippen MR) is 400 cm³/mol. The first kappa shape index (κ1) is 94.5. The Kier molecular flexibility index (Phi) is 69.3. The van der Waals surface area contributed by atoms with Crippen molar-refractivity contribution in [1.29, 1.82) is 0 Å². The molecule has 0 aromatic carbocycles. The second-order valence-electron chi connectivity index (χ2n) is 26.3. The smallest absolute Gasteiger partial charge is 0.462 e. The van der Waals surface area contributed by atoms with Crippen LogP contribution in [0.3, 0.4) is 0 Å². The number of carbonyl (C=O) groups is 4. The van der Waals surface area contributed by atoms with E-state index in [1.54, 1.807) is 0 Å². The summed E-state index contributed by atoms with van der Waals surface area (Å²) in [5.74, 6) is -2.19. The van der Waals surface area contributed by atoms with Crippen molar-refractivity contribution in [3.05, 3.63) is 72.9 Å². The number of esters is 4. The standard InChI is InChI=1S/C79H142O17P2/c1-5-9-13-17-21-25-29-33-34-35-36-37-38-42-46-50-54-58-62-66-79(84)96-75(70-90-77(82)64-60-56-52-48-44-40-31-27-23-19-15-11-7-3)72-94-98(87,88)92-68-73(80)67-91-97(85,86)93-71-74(95-78(83)65-61-57-53-49-45-41-32-28-24-20-16-12-8-4)69-89-76(81)63-59-55-51-47-43-39-30-26-22-18-14-10-6-2/h9,13,21,25,27,31,33-34,36-37,42,46,73-75,80H,5-8,10-12,14-20,22-24,26,28-30,32,35,38-41,43-45,47-72H2,1-4H3,(H,85,86)(H,87,88)/b13-9-,25-21-,31-27-,34-33-,37-36-,46-42-/t73-,74+,75+/m0/s1. The van der Waals surface area contributed by atoms with Crippen LogP contribution in [0.5, 0.6) is 0 Å². The van der Waals surface area contributed by atoms with Gasteiger partial charge in [0.2, 0.25) is 0 Å². The van der Waals surface area contributed by atoms with E-state index >= 15 is 0 Å². The quantitative estimate of drug-likeness (QED) is 0.0169. The molecule has 0 aliphatic rings. The van der Waals surface area contributed by atoms with E-state index in [-0.39, 0.29) is 25.7 Å². The van der Waals surface area contributed by atoms with Crippen molar-refractivity contribution in [1.82, 2.24) is 0 Å². The second-order valence-corrected chi connectivity index (χ2v) is 29.2. The van der Waals surface area contributed by atoms with E-state index in [4.69, 9.17) is 37.0 Å². The van der Waals surface area contributed by atoms with E-state index in [0.717, 1.165) is 135 Å². The van der Waals surface area contributed by atoms with Gasteiger partial charge in [-0.3, -0.25) is 37.3 Å². The molecule has 2 unspecified atom stereocenters. The molecule has 0 bridgehead atoms. The number of unbranched alkanes of at least 4 members (excludes halogenated alkanes) is 36. The highest BCUT2D eigenvalue weighted by atomic mass is 31.2. The van der Waals surface area contributed by atoms with E-state index in [2.05, 4.69) is 101 Å². The van der Waals surface area contributed by atoms with Crippen LogP contribution in [-0.2, 0) is 65.4 Å². The minimum Gasteiger partial charge on any atom is -0.462 e. The molecule has 0 fully saturated rings. The lowest BCUT2D eigenvalue weighted by atomic mass is 10.0. The molecular weight excluding hydrogens is 1280 g/mol. The summed E-state index contributed by atoms with van der Waals surface area (Å²) in [5, 5.41) is 10.6. The van der Waals surface area contributed by atoms with Crippen LogP contribution in [0.1, 0.15) is 349 Å². The summed E-state index contributed by atoms with van der Waals surface area (Å²) >= 11 is 0. The molecular formula is C79H142O17P2. The lowest BCUT2D eigenvalue weighted by Gasteiger charge is -2.21. The molecule has 0 aliphatic carbocycles. The van der Waals surface area contributed by atoms with E-state index in [1.807, 2.05) is 0 Å². The molecule has 0 radical (unpaired) electrons. The normalized spacial score (nSPS) is 14.3. The third kappa shape index (κ3) is 70.9. The van der Waals surface area contributed by atoms with Gasteiger partial charge in [-0.2, -0.15) is 0 Å². The number of hydrogen-bond acceptors (Lipinski definition) is 15. The average Bonchev–Trinajstić information content (AvgIpc) is 0.982. The molecule has 0 aromatic heterocycles. The zero-order chi connectivity index (χ0) is 71.8. The first-order valence-corrected chi connectivity index (χ1v) is 42.2. The Morgan fingerprint density at radius 2 is 0.531 bits per heavy atom. The van der Waals surface area contributed by atoms with Crippen LogP contribution in [0.25, 0.3) is 0 Å². The SMILES string of the molecule is CC/C=C\C/C=C\C/C=C\C/C=C\C/C=C\CCCCCC(=O)O[C@H](COC(=O)CCCCCCC/C=C\CCCCCC)COP(=O)(O)OC[C@@H](O)COP(=O)(O)OC[C@@H](COC(=O)CCCCCCCCCCCCCCC)OC(=O)CCCCCCCCCCCCCCC. The summed E-state index contributed by atoms with van der Waals surface area (Å²) in [6.45, 7) is 4.75. The van der Waals surface area contributed by atoms with E-state index in [1.165, 1.54) is 135 Å². The van der Waals surface area contributed by atoms with Crippen molar-refractivity contribution < 1.29 is 80.2 Å². The van der Waals surface area contributed by atoms with Gasteiger partial charge in [0.15, 0.2) is 12.2 Å². The maximum absolute atomic E-state index is 13.1. The van der Waals surface area contributed by atoms with Crippen molar-refractivity contribution in [2.24, 2.45) is 0 Å². The van der Waals surface area contributed by atoms with Crippen LogP contribution in [0.2, 0.25) is 0 Å². The van der Waals surface area contributed by atoms with E-state index in [9.17, 15) is 43.2 Å². The number of ether oxygens (including phenoxy) is 4. The highest BCUT2D eigenvalue weighted by Gasteiger charge is 2.30. The summed E-state index contributed by atoms with van der Waals surface area (Å²) in [6.07, 6.45) is 71.7. The first-order chi connectivity index (χ1) is 47.7. The highest BCUT2D eigenvalue weighted by molar-refractivity contribution is 7.47. The van der Waals surface area contributed by atoms with Crippen molar-refractivity contribution in [3.8, 4) is 0 Å². The number of aliphatic hydroxyl groups is 1. The number of phosphoric acid groups is 2. The van der Waals surface area contributed by atoms with Gasteiger partial charge >= 0.3 is 39.5 Å². The van der Waals surface area contributed by atoms with Crippen molar-refractivity contribution in [2.75, 3.05) is 39.6 Å². The Morgan fingerprint density at radius 1 is 0.296 bits per heavy atom. The maximum atomic E-state index is 13.1. The molecule has 5 atom stereocenters. The molecule has 98 heavy (non-hydrogen) atoms. The minimum absolute atomic E-state index is 0.0567. The third-order valence-corrected chi connectivity index (χ3v) is 18.6. The Hall–Kier alpha value is -3.50. The zero-order valence-corrected chi connectivity index (χ0v) is 64.0. The van der Waals surface area contributed by atoms with Crippen LogP contribution < -0.4 is 0 Å². The monoisotopic (exact) mass is 1420 g/mol. The Bertz CT molecular complexity index is 2140. The van der Waals surface area contributed by atoms with Gasteiger partial charge in [0.05, 0.1) is 26.4 Å². The highest BCUT2D eigenvalue weighted by Crippen LogP contribution is 2.45. The number of aliphatic hydroxyl groups excluding tert-OH is 1. The molecule has 3 N–H and O–H groups in total. The van der Waals surface area contributed by atoms with Crippen molar-refractivity contribution >= 4 is 39.5 Å². The van der Waals surface area contributed by atoms with Crippen molar-refractivity contribution in [2.45, 2.75) is 367 Å². The number of carbonyl (C=O) groups excluding carboxylic acids is 4. The van der Waals surface area contributed by atoms with Crippen LogP contribution in [0.15, 0.2) is 72.9 Å². The van der Waals surface area contributed by atoms with Crippen molar-refractivity contribution in [3.63, 3.8) is 0 Å². The minimum atomic E-state index is -4.98. The number of rotatable bonds is 74. The molecule has 0 amide bonds. The third-order valence-electron chi connectivity index (χ3n) is 16.7. The van der Waals surface area contributed by atoms with Gasteiger partial charge < -0.3 is 33.8 Å². The predicted octanol–water partition coefficient (Wildman–Crippen LogP) is 22.4. The number of allylic oxidation sites excluding steroid dienone is 12. The summed E-state index contributed by atoms with van der Waals surface area (Å²) in [7, 11) is -9.95. The Morgan fingerprint density at radius 3 is 0.847 bits per heavy atom. The molecule has 0 saturated heterocycles. The first-order valence-electron chi connectivity index (χ1n) is 39.2. The fourth-order valence-corrected chi connectivity index (χ4v) is 12.3. The van der Waals surface area contributed by atoms with Gasteiger partial charge in [0.1, 0.15) is 19.3 Å². The lowest BCUT2D eigenvalue weighted by Crippen LogP contribution is -2.30. The van der Waals surface area contributed by atoms with Crippen LogP contribution >= 0.6 is 15.6 Å². The lowest BCUT2D eigenvalue weighted by molar-refractivity contribution is -0.161. The zero-order valence-electron chi connectivity index (χ0n) is 62.2. The molecule has 570 valence electrons. The summed E-state index contributed by atoms with van der Waals surface area (Å²) < 4.78 is 68.5. The summed E-state index contributed by atoms with van der Waals surface area (Å²) in [6, 6.07) is 0. The van der Waals surface area contributed by atoms with Gasteiger partial charge in [0, 0.05) is 25.7 Å². The van der Waals surface area contributed by atoms with Gasteiger partial charge in [-0.15, -0.1) is 0 Å². The Labute approximate surface area is 596 Å². The average molecular weight is 1430 g/mol. The molecule has 0 aliphatic heterocycles. The van der Waals surface area contributed by atoms with Crippen LogP contribution in [0.4, 0.5) is 0 Å². The van der Waals surface area contributed by atoms with Crippen LogP contribution in [-0.4, -0.2) is 96.7 Å². The molecule has 19 heteroatoms. The Balaban J connectivity index is 5.35. The van der Waals surface area contributed by atoms with Gasteiger partial charge in [-0.1, -0.05) is 300 Å². The van der Waals surface area contributed by atoms with E-state index < -0.39 is 97.5 Å². The maximum Gasteiger partial charge on any atom is 0.472 e. The summed E-state index contributed by atoms with van der Waals surface area (Å²) in [5.41, 5.74) is 0. The fraction of sp³-hybridized carbons (Fsp3) is 0.797. The van der Waals surface area contributed by atoms with Crippen LogP contribution in [0, 0.1) is 0 Å².